The van der Waals surface area contributed by atoms with E-state index in [1.54, 1.807) is 0 Å². The van der Waals surface area contributed by atoms with Gasteiger partial charge in [-0.1, -0.05) is 30.3 Å². The molecule has 1 aromatic heterocycles. The van der Waals surface area contributed by atoms with Crippen molar-refractivity contribution in [2.24, 2.45) is 0 Å². The van der Waals surface area contributed by atoms with Crippen LogP contribution in [0.1, 0.15) is 34.8 Å². The highest BCUT2D eigenvalue weighted by atomic mass is 16.4. The Hall–Kier alpha value is -2.10. The van der Waals surface area contributed by atoms with Crippen LogP contribution in [-0.4, -0.2) is 16.1 Å². The number of oxazole rings is 1. The summed E-state index contributed by atoms with van der Waals surface area (Å²) in [4.78, 5) is 14.8. The van der Waals surface area contributed by atoms with Crippen LogP contribution >= 0.6 is 0 Å². The predicted molar refractivity (Wildman–Crippen MR) is 59.9 cm³/mol. The van der Waals surface area contributed by atoms with E-state index >= 15 is 0 Å². The van der Waals surface area contributed by atoms with E-state index < -0.39 is 5.97 Å². The van der Waals surface area contributed by atoms with Crippen LogP contribution in [0.4, 0.5) is 0 Å². The second kappa shape index (κ2) is 3.45. The Morgan fingerprint density at radius 2 is 2.00 bits per heavy atom. The van der Waals surface area contributed by atoms with Crippen molar-refractivity contribution >= 4 is 5.97 Å². The van der Waals surface area contributed by atoms with Gasteiger partial charge < -0.3 is 9.52 Å². The molecular formula is C13H11NO3. The summed E-state index contributed by atoms with van der Waals surface area (Å²) in [5, 5.41) is 8.83. The highest BCUT2D eigenvalue weighted by molar-refractivity contribution is 5.84. The fraction of sp³-hybridized carbons (Fsp3) is 0.231. The fourth-order valence-corrected chi connectivity index (χ4v) is 2.10. The second-order valence-electron chi connectivity index (χ2n) is 4.29. The summed E-state index contributed by atoms with van der Waals surface area (Å²) in [5.41, 5.74) is 0.913. The zero-order valence-corrected chi connectivity index (χ0v) is 9.09. The van der Waals surface area contributed by atoms with E-state index in [2.05, 4.69) is 4.98 Å². The lowest BCUT2D eigenvalue weighted by atomic mass is 9.96. The van der Waals surface area contributed by atoms with E-state index in [0.717, 1.165) is 18.4 Å². The van der Waals surface area contributed by atoms with Crippen LogP contribution in [0.3, 0.4) is 0 Å². The monoisotopic (exact) mass is 229 g/mol. The molecule has 0 unspecified atom stereocenters. The second-order valence-corrected chi connectivity index (χ2v) is 4.29. The summed E-state index contributed by atoms with van der Waals surface area (Å²) < 4.78 is 5.32. The minimum absolute atomic E-state index is 0.0257. The number of hydrogen-bond donors (Lipinski definition) is 1. The minimum atomic E-state index is -1.05. The molecule has 2 aromatic rings. The third-order valence-corrected chi connectivity index (χ3v) is 3.21. The molecule has 0 amide bonds. The van der Waals surface area contributed by atoms with Crippen molar-refractivity contribution in [2.45, 2.75) is 18.3 Å². The molecule has 0 spiro atoms. The molecule has 0 saturated heterocycles. The molecule has 1 aromatic carbocycles. The fourth-order valence-electron chi connectivity index (χ4n) is 2.10. The van der Waals surface area contributed by atoms with Crippen molar-refractivity contribution in [3.8, 4) is 0 Å². The zero-order chi connectivity index (χ0) is 11.9. The van der Waals surface area contributed by atoms with Gasteiger partial charge in [-0.25, -0.2) is 9.78 Å². The lowest BCUT2D eigenvalue weighted by Crippen LogP contribution is -2.09. The highest BCUT2D eigenvalue weighted by Gasteiger charge is 2.50. The molecule has 4 heteroatoms. The maximum absolute atomic E-state index is 10.8. The average molecular weight is 229 g/mol. The van der Waals surface area contributed by atoms with Gasteiger partial charge in [0.15, 0.2) is 5.69 Å². The molecule has 1 N–H and O–H groups in total. The van der Waals surface area contributed by atoms with Crippen molar-refractivity contribution < 1.29 is 14.3 Å². The van der Waals surface area contributed by atoms with Crippen molar-refractivity contribution in [3.63, 3.8) is 0 Å². The number of aromatic nitrogens is 1. The Balaban J connectivity index is 2.01. The molecule has 17 heavy (non-hydrogen) atoms. The lowest BCUT2D eigenvalue weighted by Gasteiger charge is -2.10. The van der Waals surface area contributed by atoms with Gasteiger partial charge in [-0.15, -0.1) is 0 Å². The van der Waals surface area contributed by atoms with Crippen LogP contribution in [-0.2, 0) is 5.41 Å². The Morgan fingerprint density at radius 3 is 2.53 bits per heavy atom. The number of carboxylic acid groups (broad SMARTS) is 1. The van der Waals surface area contributed by atoms with Crippen LogP contribution in [0, 0.1) is 0 Å². The van der Waals surface area contributed by atoms with Crippen LogP contribution < -0.4 is 0 Å². The van der Waals surface area contributed by atoms with Gasteiger partial charge in [-0.2, -0.15) is 0 Å². The lowest BCUT2D eigenvalue weighted by molar-refractivity contribution is 0.0690. The Kier molecular flexibility index (Phi) is 2.04. The topological polar surface area (TPSA) is 63.3 Å². The normalized spacial score (nSPS) is 16.7. The molecule has 1 aliphatic carbocycles. The Bertz CT molecular complexity index is 555. The summed E-state index contributed by atoms with van der Waals surface area (Å²) in [5.74, 6) is -0.537. The largest absolute Gasteiger partial charge is 0.476 e. The first kappa shape index (κ1) is 10.1. The van der Waals surface area contributed by atoms with Gasteiger partial charge in [-0.3, -0.25) is 0 Å². The summed E-state index contributed by atoms with van der Waals surface area (Å²) in [6, 6.07) is 9.94. The van der Waals surface area contributed by atoms with Gasteiger partial charge in [-0.05, 0) is 18.4 Å². The summed E-state index contributed by atoms with van der Waals surface area (Å²) >= 11 is 0. The summed E-state index contributed by atoms with van der Waals surface area (Å²) in [6.45, 7) is 0. The van der Waals surface area contributed by atoms with Crippen molar-refractivity contribution in [1.82, 2.24) is 4.98 Å². The van der Waals surface area contributed by atoms with Gasteiger partial charge >= 0.3 is 5.97 Å². The maximum atomic E-state index is 10.8. The predicted octanol–water partition coefficient (Wildman–Crippen LogP) is 2.45. The van der Waals surface area contributed by atoms with Gasteiger partial charge in [0.25, 0.3) is 0 Å². The van der Waals surface area contributed by atoms with Crippen molar-refractivity contribution in [1.29, 1.82) is 0 Å². The number of hydrogen-bond acceptors (Lipinski definition) is 3. The highest BCUT2D eigenvalue weighted by Crippen LogP contribution is 2.52. The summed E-state index contributed by atoms with van der Waals surface area (Å²) in [6.07, 6.45) is 3.12. The molecule has 86 valence electrons. The smallest absolute Gasteiger partial charge is 0.357 e. The minimum Gasteiger partial charge on any atom is -0.476 e. The SMILES string of the molecule is O=C(O)c1coc(C2(c3ccccc3)CC2)n1. The van der Waals surface area contributed by atoms with Gasteiger partial charge in [0.05, 0.1) is 5.41 Å². The molecule has 0 radical (unpaired) electrons. The van der Waals surface area contributed by atoms with Crippen molar-refractivity contribution in [2.75, 3.05) is 0 Å². The summed E-state index contributed by atoms with van der Waals surface area (Å²) in [7, 11) is 0. The first-order valence-electron chi connectivity index (χ1n) is 5.47. The van der Waals surface area contributed by atoms with E-state index in [1.165, 1.54) is 6.26 Å². The molecule has 3 rings (SSSR count). The molecule has 1 heterocycles. The zero-order valence-electron chi connectivity index (χ0n) is 9.09. The van der Waals surface area contributed by atoms with E-state index in [1.807, 2.05) is 30.3 Å². The Morgan fingerprint density at radius 1 is 1.29 bits per heavy atom. The van der Waals surface area contributed by atoms with E-state index in [-0.39, 0.29) is 11.1 Å². The average Bonchev–Trinajstić information content (AvgIpc) is 3.00. The van der Waals surface area contributed by atoms with Crippen LogP contribution in [0.5, 0.6) is 0 Å². The van der Waals surface area contributed by atoms with Crippen LogP contribution in [0.15, 0.2) is 41.0 Å². The van der Waals surface area contributed by atoms with Gasteiger partial charge in [0, 0.05) is 0 Å². The van der Waals surface area contributed by atoms with Crippen LogP contribution in [0.25, 0.3) is 0 Å². The number of aromatic carboxylic acids is 1. The number of carbonyl (C=O) groups is 1. The van der Waals surface area contributed by atoms with E-state index in [9.17, 15) is 4.79 Å². The first-order chi connectivity index (χ1) is 8.22. The first-order valence-corrected chi connectivity index (χ1v) is 5.47. The third kappa shape index (κ3) is 1.53. The number of carboxylic acids is 1. The molecule has 1 aliphatic rings. The van der Waals surface area contributed by atoms with Gasteiger partial charge in [0.2, 0.25) is 5.89 Å². The molecule has 0 bridgehead atoms. The number of rotatable bonds is 3. The Labute approximate surface area is 97.9 Å². The van der Waals surface area contributed by atoms with E-state index in [0.29, 0.717) is 5.89 Å². The number of benzene rings is 1. The van der Waals surface area contributed by atoms with E-state index in [4.69, 9.17) is 9.52 Å². The van der Waals surface area contributed by atoms with Crippen molar-refractivity contribution in [3.05, 3.63) is 53.7 Å². The molecule has 0 aliphatic heterocycles. The van der Waals surface area contributed by atoms with Crippen LogP contribution in [0.2, 0.25) is 0 Å². The molecule has 4 nitrogen and oxygen atoms in total. The maximum Gasteiger partial charge on any atom is 0.357 e. The molecule has 0 atom stereocenters. The molecule has 1 fully saturated rings. The quantitative estimate of drug-likeness (QED) is 0.878. The standard InChI is InChI=1S/C13H11NO3/c15-11(16)10-8-17-12(14-10)13(6-7-13)9-4-2-1-3-5-9/h1-5,8H,6-7H2,(H,15,16). The van der Waals surface area contributed by atoms with Gasteiger partial charge in [0.1, 0.15) is 6.26 Å². The molecular weight excluding hydrogens is 218 g/mol. The third-order valence-electron chi connectivity index (χ3n) is 3.21. The number of nitrogens with zero attached hydrogens (tertiary/aromatic N) is 1. The molecule has 1 saturated carbocycles.